The van der Waals surface area contributed by atoms with E-state index in [1.165, 1.54) is 24.3 Å². The number of phenolic OH excluding ortho intramolecular Hbond substituents is 2. The Morgan fingerprint density at radius 1 is 0.803 bits per heavy atom. The van der Waals surface area contributed by atoms with Crippen molar-refractivity contribution in [1.82, 2.24) is 0 Å². The summed E-state index contributed by atoms with van der Waals surface area (Å²) in [4.78, 5) is 25.7. The lowest BCUT2D eigenvalue weighted by molar-refractivity contribution is -0.395. The monoisotopic (exact) mass is 854 g/mol. The Kier molecular flexibility index (Phi) is 19.8. The Morgan fingerprint density at radius 2 is 1.44 bits per heavy atom. The zero-order valence-electron chi connectivity index (χ0n) is 34.2. The van der Waals surface area contributed by atoms with Crippen LogP contribution in [0.5, 0.6) is 11.5 Å². The zero-order valence-corrected chi connectivity index (χ0v) is 34.2. The molecule has 1 aromatic carbocycles. The van der Waals surface area contributed by atoms with Crippen molar-refractivity contribution in [1.29, 1.82) is 0 Å². The zero-order chi connectivity index (χ0) is 44.4. The molecule has 3 aliphatic rings. The maximum absolute atomic E-state index is 13.3. The molecule has 0 bridgehead atoms. The third-order valence-corrected chi connectivity index (χ3v) is 9.75. The molecule has 1 spiro atoms. The van der Waals surface area contributed by atoms with E-state index in [2.05, 4.69) is 6.92 Å². The van der Waals surface area contributed by atoms with E-state index in [0.29, 0.717) is 0 Å². The molecule has 0 unspecified atom stereocenters. The summed E-state index contributed by atoms with van der Waals surface area (Å²) in [6.07, 6.45) is 13.4. The first kappa shape index (κ1) is 48.9. The highest BCUT2D eigenvalue weighted by molar-refractivity contribution is 5.82. The van der Waals surface area contributed by atoms with E-state index in [0.717, 1.165) is 43.9 Å². The minimum atomic E-state index is -2.27. The van der Waals surface area contributed by atoms with Gasteiger partial charge in [-0.25, -0.2) is 9.59 Å². The molecule has 334 valence electrons. The fourth-order valence-electron chi connectivity index (χ4n) is 6.66. The standard InChI is InChI=1S/C45H58O16/c1-3-5-7-9-11-13-16-20-30(47)21-17-15-19-23-36(51)59-42-41(33(26-46)61-45(43(42)55)37-29(27-57-45)24-31(48)25-32(37)49)60-44-40(54)39(53)38(52)34(58-44)28-56-35(50)22-18-14-12-10-8-6-4-2/h7-20,22-25,30,33-34,38-44,46-49,52-55H,3-6,21,26-28H2,1-2H3/b9-7+,10-8+,13-11-,14-12-,17-15-,20-16+,22-18+,23-19+/t30-,33+,34+,38+,39+,40+,41+,42-,43+,44-,45-/m1/s1. The SMILES string of the molecule is CCC/C=C/C=C\C=C\C(=O)OC[C@@H]1O[C@H](O[C@@H]2[C@@H](OC(=O)/C=C/C=C\C[C@H](O)/C=C/C=C\C=C\CCC)[C@H](O)[C@]3(OCc4cc(O)cc(O)c43)O[C@H]2CO)[C@@H](O)[C@@H](O)[C@H]1O. The number of allylic oxidation sites excluding steroid dienone is 12. The van der Waals surface area contributed by atoms with E-state index in [1.807, 2.05) is 37.3 Å². The summed E-state index contributed by atoms with van der Waals surface area (Å²) in [5.41, 5.74) is 0.104. The number of benzene rings is 1. The van der Waals surface area contributed by atoms with Crippen LogP contribution in [0.4, 0.5) is 0 Å². The number of phenols is 2. The summed E-state index contributed by atoms with van der Waals surface area (Å²) < 4.78 is 34.6. The number of fused-ring (bicyclic) bond motifs is 2. The van der Waals surface area contributed by atoms with Crippen molar-refractivity contribution in [3.8, 4) is 11.5 Å². The van der Waals surface area contributed by atoms with Gasteiger partial charge in [0, 0.05) is 18.2 Å². The number of hydrogen-bond acceptors (Lipinski definition) is 16. The second kappa shape index (κ2) is 24.7. The van der Waals surface area contributed by atoms with Crippen LogP contribution in [-0.4, -0.2) is 127 Å². The Hall–Kier alpha value is -4.72. The summed E-state index contributed by atoms with van der Waals surface area (Å²) in [6.45, 7) is 2.37. The largest absolute Gasteiger partial charge is 0.508 e. The van der Waals surface area contributed by atoms with Gasteiger partial charge in [-0.15, -0.1) is 0 Å². The van der Waals surface area contributed by atoms with E-state index < -0.39 is 97.9 Å². The van der Waals surface area contributed by atoms with Gasteiger partial charge in [0.1, 0.15) is 54.7 Å². The third kappa shape index (κ3) is 13.6. The molecule has 0 saturated carbocycles. The van der Waals surface area contributed by atoms with Gasteiger partial charge in [-0.3, -0.25) is 0 Å². The number of ether oxygens (including phenoxy) is 6. The van der Waals surface area contributed by atoms with Crippen LogP contribution >= 0.6 is 0 Å². The van der Waals surface area contributed by atoms with Crippen molar-refractivity contribution in [2.24, 2.45) is 0 Å². The number of aliphatic hydroxyl groups excluding tert-OH is 6. The van der Waals surface area contributed by atoms with Crippen LogP contribution in [0.1, 0.15) is 57.1 Å². The Bertz CT molecular complexity index is 1810. The van der Waals surface area contributed by atoms with Crippen LogP contribution in [-0.2, 0) is 50.4 Å². The van der Waals surface area contributed by atoms with Crippen molar-refractivity contribution in [2.45, 2.75) is 120 Å². The Morgan fingerprint density at radius 3 is 2.13 bits per heavy atom. The first-order valence-electron chi connectivity index (χ1n) is 20.3. The average Bonchev–Trinajstić information content (AvgIpc) is 3.60. The van der Waals surface area contributed by atoms with Crippen molar-refractivity contribution in [3.63, 3.8) is 0 Å². The van der Waals surface area contributed by atoms with E-state index in [4.69, 9.17) is 28.4 Å². The number of aliphatic hydroxyl groups is 6. The molecule has 16 heteroatoms. The lowest BCUT2D eigenvalue weighted by atomic mass is 9.86. The maximum Gasteiger partial charge on any atom is 0.331 e. The molecular formula is C45H58O16. The summed E-state index contributed by atoms with van der Waals surface area (Å²) >= 11 is 0. The smallest absolute Gasteiger partial charge is 0.331 e. The fourth-order valence-corrected chi connectivity index (χ4v) is 6.66. The van der Waals surface area contributed by atoms with Gasteiger partial charge in [-0.05, 0) is 30.9 Å². The summed E-state index contributed by atoms with van der Waals surface area (Å²) in [5, 5.41) is 86.2. The molecule has 0 radical (unpaired) electrons. The molecule has 2 fully saturated rings. The lowest BCUT2D eigenvalue weighted by Gasteiger charge is -2.50. The van der Waals surface area contributed by atoms with Gasteiger partial charge in [-0.1, -0.05) is 112 Å². The molecule has 11 atom stereocenters. The van der Waals surface area contributed by atoms with Gasteiger partial charge in [0.2, 0.25) is 5.79 Å². The fraction of sp³-hybridized carbons (Fsp3) is 0.467. The van der Waals surface area contributed by atoms with Crippen molar-refractivity contribution in [3.05, 3.63) is 120 Å². The number of esters is 2. The first-order chi connectivity index (χ1) is 29.4. The van der Waals surface area contributed by atoms with Crippen molar-refractivity contribution in [2.75, 3.05) is 13.2 Å². The number of hydrogen-bond donors (Lipinski definition) is 8. The van der Waals surface area contributed by atoms with Crippen LogP contribution in [0.3, 0.4) is 0 Å². The molecule has 0 amide bonds. The van der Waals surface area contributed by atoms with Crippen molar-refractivity contribution >= 4 is 11.9 Å². The first-order valence-corrected chi connectivity index (χ1v) is 20.3. The third-order valence-electron chi connectivity index (χ3n) is 9.75. The molecule has 4 rings (SSSR count). The molecule has 3 heterocycles. The van der Waals surface area contributed by atoms with Gasteiger partial charge in [0.25, 0.3) is 0 Å². The number of aromatic hydroxyl groups is 2. The quantitative estimate of drug-likeness (QED) is 0.0533. The van der Waals surface area contributed by atoms with Crippen LogP contribution in [0.2, 0.25) is 0 Å². The number of carbonyl (C=O) groups is 2. The molecule has 3 aliphatic heterocycles. The van der Waals surface area contributed by atoms with Gasteiger partial charge in [0.15, 0.2) is 18.5 Å². The molecule has 2 saturated heterocycles. The van der Waals surface area contributed by atoms with Crippen LogP contribution in [0.15, 0.2) is 109 Å². The summed E-state index contributed by atoms with van der Waals surface area (Å²) in [6, 6.07) is 2.25. The normalized spacial score (nSPS) is 30.1. The van der Waals surface area contributed by atoms with E-state index in [-0.39, 0.29) is 29.9 Å². The molecule has 0 aliphatic carbocycles. The molecule has 8 N–H and O–H groups in total. The lowest BCUT2D eigenvalue weighted by Crippen LogP contribution is -2.67. The van der Waals surface area contributed by atoms with E-state index in [1.54, 1.807) is 36.5 Å². The van der Waals surface area contributed by atoms with Gasteiger partial charge in [-0.2, -0.15) is 0 Å². The van der Waals surface area contributed by atoms with Crippen molar-refractivity contribution < 1.29 is 78.9 Å². The molecule has 0 aromatic heterocycles. The Balaban J connectivity index is 1.52. The Labute approximate surface area is 354 Å². The predicted octanol–water partition coefficient (Wildman–Crippen LogP) is 2.98. The number of unbranched alkanes of at least 4 members (excludes halogenated alkanes) is 2. The molecule has 1 aromatic rings. The average molecular weight is 855 g/mol. The van der Waals surface area contributed by atoms with Crippen LogP contribution in [0.25, 0.3) is 0 Å². The molecule has 16 nitrogen and oxygen atoms in total. The second-order valence-electron chi connectivity index (χ2n) is 14.4. The van der Waals surface area contributed by atoms with Gasteiger partial charge in [0.05, 0.1) is 24.9 Å². The predicted molar refractivity (Wildman–Crippen MR) is 220 cm³/mol. The minimum Gasteiger partial charge on any atom is -0.508 e. The number of carbonyl (C=O) groups excluding carboxylic acids is 2. The minimum absolute atomic E-state index is 0.114. The van der Waals surface area contributed by atoms with Gasteiger partial charge < -0.3 is 69.3 Å². The molecule has 61 heavy (non-hydrogen) atoms. The molecular weight excluding hydrogens is 796 g/mol. The van der Waals surface area contributed by atoms with Crippen LogP contribution < -0.4 is 0 Å². The van der Waals surface area contributed by atoms with E-state index >= 15 is 0 Å². The highest BCUT2D eigenvalue weighted by Crippen LogP contribution is 2.51. The summed E-state index contributed by atoms with van der Waals surface area (Å²) in [7, 11) is 0. The number of rotatable bonds is 20. The van der Waals surface area contributed by atoms with Gasteiger partial charge >= 0.3 is 11.9 Å². The highest BCUT2D eigenvalue weighted by atomic mass is 16.8. The van der Waals surface area contributed by atoms with E-state index in [9.17, 15) is 50.4 Å². The maximum atomic E-state index is 13.3. The van der Waals surface area contributed by atoms with Crippen LogP contribution in [0, 0.1) is 0 Å². The topological polar surface area (TPSA) is 251 Å². The summed E-state index contributed by atoms with van der Waals surface area (Å²) in [5.74, 6) is -4.96. The second-order valence-corrected chi connectivity index (χ2v) is 14.4. The highest BCUT2D eigenvalue weighted by Gasteiger charge is 2.63.